The normalized spacial score (nSPS) is 10.4. The summed E-state index contributed by atoms with van der Waals surface area (Å²) in [5.41, 5.74) is 1.93. The fourth-order valence-electron chi connectivity index (χ4n) is 2.20. The van der Waals surface area contributed by atoms with E-state index in [1.807, 2.05) is 18.2 Å². The Morgan fingerprint density at radius 2 is 2.00 bits per heavy atom. The van der Waals surface area contributed by atoms with Gasteiger partial charge in [-0.15, -0.1) is 0 Å². The molecule has 0 radical (unpaired) electrons. The number of carbonyl (C=O) groups excluding carboxylic acids is 2. The molecule has 1 aromatic carbocycles. The van der Waals surface area contributed by atoms with Gasteiger partial charge >= 0.3 is 0 Å². The zero-order valence-corrected chi connectivity index (χ0v) is 13.8. The number of aromatic nitrogens is 1. The lowest BCUT2D eigenvalue weighted by molar-refractivity contribution is -0.128. The van der Waals surface area contributed by atoms with Gasteiger partial charge in [0.15, 0.2) is 0 Å². The molecule has 2 rings (SSSR count). The average molecular weight is 315 g/mol. The van der Waals surface area contributed by atoms with Crippen LogP contribution in [0.15, 0.2) is 24.3 Å². The van der Waals surface area contributed by atoms with Crippen molar-refractivity contribution in [2.24, 2.45) is 0 Å². The van der Waals surface area contributed by atoms with E-state index in [-0.39, 0.29) is 18.2 Å². The van der Waals surface area contributed by atoms with Gasteiger partial charge in [0.25, 0.3) is 5.91 Å². The van der Waals surface area contributed by atoms with Crippen LogP contribution in [0.25, 0.3) is 10.9 Å². The van der Waals surface area contributed by atoms with Crippen LogP contribution in [0.1, 0.15) is 22.5 Å². The van der Waals surface area contributed by atoms with Gasteiger partial charge in [-0.05, 0) is 25.1 Å². The number of rotatable bonds is 5. The Balaban J connectivity index is 2.14. The Hall–Kier alpha value is -2.63. The summed E-state index contributed by atoms with van der Waals surface area (Å²) in [5, 5.41) is 3.63. The van der Waals surface area contributed by atoms with Crippen LogP contribution < -0.4 is 10.1 Å². The molecule has 23 heavy (non-hydrogen) atoms. The molecule has 0 atom stereocenters. The Labute approximate surface area is 135 Å². The number of carbonyl (C=O) groups is 2. The molecule has 0 bridgehead atoms. The zero-order chi connectivity index (χ0) is 17.0. The molecule has 1 aromatic heterocycles. The van der Waals surface area contributed by atoms with Crippen molar-refractivity contribution in [1.82, 2.24) is 15.2 Å². The summed E-state index contributed by atoms with van der Waals surface area (Å²) in [5.74, 6) is 0.480. The van der Waals surface area contributed by atoms with Gasteiger partial charge < -0.3 is 15.0 Å². The quantitative estimate of drug-likeness (QED) is 0.912. The molecule has 122 valence electrons. The van der Waals surface area contributed by atoms with Crippen molar-refractivity contribution in [3.8, 4) is 5.75 Å². The van der Waals surface area contributed by atoms with E-state index in [9.17, 15) is 9.59 Å². The molecule has 0 fully saturated rings. The highest BCUT2D eigenvalue weighted by molar-refractivity contribution is 5.98. The minimum atomic E-state index is -0.223. The third-order valence-corrected chi connectivity index (χ3v) is 3.58. The van der Waals surface area contributed by atoms with E-state index in [1.54, 1.807) is 34.2 Å². The van der Waals surface area contributed by atoms with E-state index in [1.165, 1.54) is 4.90 Å². The van der Waals surface area contributed by atoms with Crippen LogP contribution in [-0.2, 0) is 4.79 Å². The molecular weight excluding hydrogens is 294 g/mol. The Bertz CT molecular complexity index is 741. The maximum atomic E-state index is 12.3. The van der Waals surface area contributed by atoms with Crippen LogP contribution in [0.5, 0.6) is 5.75 Å². The van der Waals surface area contributed by atoms with Gasteiger partial charge in [-0.25, -0.2) is 0 Å². The van der Waals surface area contributed by atoms with E-state index in [0.29, 0.717) is 17.8 Å². The maximum Gasteiger partial charge on any atom is 0.253 e. The van der Waals surface area contributed by atoms with E-state index < -0.39 is 0 Å². The highest BCUT2D eigenvalue weighted by Crippen LogP contribution is 2.21. The smallest absolute Gasteiger partial charge is 0.253 e. The second-order valence-corrected chi connectivity index (χ2v) is 5.47. The molecule has 0 spiro atoms. The SMILES string of the molecule is COc1ccc2cc(C(=O)NCCC(=O)N(C)C)c(C)nc2c1. The second-order valence-electron chi connectivity index (χ2n) is 5.47. The predicted octanol–water partition coefficient (Wildman–Crippen LogP) is 1.76. The van der Waals surface area contributed by atoms with E-state index in [2.05, 4.69) is 10.3 Å². The number of aryl methyl sites for hydroxylation is 1. The van der Waals surface area contributed by atoms with Crippen LogP contribution in [0.3, 0.4) is 0 Å². The molecule has 6 nitrogen and oxygen atoms in total. The molecule has 0 saturated heterocycles. The predicted molar refractivity (Wildman–Crippen MR) is 88.7 cm³/mol. The van der Waals surface area contributed by atoms with E-state index in [0.717, 1.165) is 16.7 Å². The van der Waals surface area contributed by atoms with Crippen molar-refractivity contribution in [3.63, 3.8) is 0 Å². The first-order chi connectivity index (χ1) is 10.9. The summed E-state index contributed by atoms with van der Waals surface area (Å²) in [4.78, 5) is 29.8. The highest BCUT2D eigenvalue weighted by Gasteiger charge is 2.12. The molecule has 0 aliphatic heterocycles. The van der Waals surface area contributed by atoms with Crippen LogP contribution >= 0.6 is 0 Å². The molecular formula is C17H21N3O3. The number of ether oxygens (including phenoxy) is 1. The minimum Gasteiger partial charge on any atom is -0.497 e. The number of pyridine rings is 1. The molecule has 0 aliphatic carbocycles. The number of benzene rings is 1. The summed E-state index contributed by atoms with van der Waals surface area (Å²) in [6.07, 6.45) is 0.274. The molecule has 1 N–H and O–H groups in total. The first-order valence-corrected chi connectivity index (χ1v) is 7.36. The standard InChI is InChI=1S/C17H21N3O3/c1-11-14(17(22)18-8-7-16(21)20(2)3)9-12-5-6-13(23-4)10-15(12)19-11/h5-6,9-10H,7-8H2,1-4H3,(H,18,22). The summed E-state index contributed by atoms with van der Waals surface area (Å²) < 4.78 is 5.18. The molecule has 2 aromatic rings. The van der Waals surface area contributed by atoms with Crippen molar-refractivity contribution >= 4 is 22.7 Å². The lowest BCUT2D eigenvalue weighted by atomic mass is 10.1. The van der Waals surface area contributed by atoms with Crippen molar-refractivity contribution in [2.75, 3.05) is 27.7 Å². The summed E-state index contributed by atoms with van der Waals surface area (Å²) in [7, 11) is 4.98. The van der Waals surface area contributed by atoms with Crippen molar-refractivity contribution in [1.29, 1.82) is 0 Å². The van der Waals surface area contributed by atoms with Gasteiger partial charge in [-0.3, -0.25) is 14.6 Å². The Morgan fingerprint density at radius 3 is 2.65 bits per heavy atom. The van der Waals surface area contributed by atoms with Gasteiger partial charge in [0.1, 0.15) is 5.75 Å². The van der Waals surface area contributed by atoms with E-state index in [4.69, 9.17) is 4.74 Å². The Morgan fingerprint density at radius 1 is 1.26 bits per heavy atom. The molecule has 1 heterocycles. The topological polar surface area (TPSA) is 71.5 Å². The molecule has 0 saturated carbocycles. The van der Waals surface area contributed by atoms with Gasteiger partial charge in [0.05, 0.1) is 23.9 Å². The fourth-order valence-corrected chi connectivity index (χ4v) is 2.20. The van der Waals surface area contributed by atoms with Crippen molar-refractivity contribution in [3.05, 3.63) is 35.5 Å². The number of nitrogens with one attached hydrogen (secondary N) is 1. The number of nitrogens with zero attached hydrogens (tertiary/aromatic N) is 2. The monoisotopic (exact) mass is 315 g/mol. The third kappa shape index (κ3) is 3.97. The largest absolute Gasteiger partial charge is 0.497 e. The van der Waals surface area contributed by atoms with Crippen LogP contribution in [0, 0.1) is 6.92 Å². The lowest BCUT2D eigenvalue weighted by Gasteiger charge is -2.12. The first kappa shape index (κ1) is 16.7. The number of amides is 2. The first-order valence-electron chi connectivity index (χ1n) is 7.36. The molecule has 0 aliphatic rings. The highest BCUT2D eigenvalue weighted by atomic mass is 16.5. The zero-order valence-electron chi connectivity index (χ0n) is 13.8. The molecule has 6 heteroatoms. The van der Waals surface area contributed by atoms with Crippen LogP contribution in [0.2, 0.25) is 0 Å². The van der Waals surface area contributed by atoms with E-state index >= 15 is 0 Å². The van der Waals surface area contributed by atoms with Crippen molar-refractivity contribution in [2.45, 2.75) is 13.3 Å². The average Bonchev–Trinajstić information content (AvgIpc) is 2.53. The summed E-state index contributed by atoms with van der Waals surface area (Å²) in [6, 6.07) is 7.34. The second kappa shape index (κ2) is 7.09. The van der Waals surface area contributed by atoms with Crippen LogP contribution in [-0.4, -0.2) is 49.4 Å². The number of methoxy groups -OCH3 is 1. The number of hydrogen-bond acceptors (Lipinski definition) is 4. The number of hydrogen-bond donors (Lipinski definition) is 1. The summed E-state index contributed by atoms with van der Waals surface area (Å²) in [6.45, 7) is 2.09. The number of fused-ring (bicyclic) bond motifs is 1. The minimum absolute atomic E-state index is 0.0225. The van der Waals surface area contributed by atoms with Crippen LogP contribution in [0.4, 0.5) is 0 Å². The Kier molecular flexibility index (Phi) is 5.16. The molecule has 0 unspecified atom stereocenters. The van der Waals surface area contributed by atoms with Gasteiger partial charge in [0.2, 0.25) is 5.91 Å². The maximum absolute atomic E-state index is 12.3. The van der Waals surface area contributed by atoms with Gasteiger partial charge in [-0.1, -0.05) is 0 Å². The third-order valence-electron chi connectivity index (χ3n) is 3.58. The summed E-state index contributed by atoms with van der Waals surface area (Å²) >= 11 is 0. The van der Waals surface area contributed by atoms with Crippen molar-refractivity contribution < 1.29 is 14.3 Å². The fraction of sp³-hybridized carbons (Fsp3) is 0.353. The van der Waals surface area contributed by atoms with Gasteiger partial charge in [-0.2, -0.15) is 0 Å². The molecule has 2 amide bonds. The lowest BCUT2D eigenvalue weighted by Crippen LogP contribution is -2.30. The van der Waals surface area contributed by atoms with Gasteiger partial charge in [0, 0.05) is 38.5 Å².